The van der Waals surface area contributed by atoms with Gasteiger partial charge in [0.25, 0.3) is 0 Å². The molecule has 0 aromatic carbocycles. The molecule has 2 atom stereocenters. The van der Waals surface area contributed by atoms with Crippen LogP contribution in [0.1, 0.15) is 19.3 Å². The molecule has 1 amide bonds. The number of hydrogen-bond donors (Lipinski definition) is 1. The molecular formula is C12H17N5O3. The van der Waals surface area contributed by atoms with Gasteiger partial charge in [-0.15, -0.1) is 0 Å². The van der Waals surface area contributed by atoms with Crippen LogP contribution in [0.2, 0.25) is 0 Å². The third-order valence-electron chi connectivity index (χ3n) is 4.05. The van der Waals surface area contributed by atoms with E-state index in [9.17, 15) is 14.9 Å². The molecule has 0 spiro atoms. The average molecular weight is 279 g/mol. The lowest BCUT2D eigenvalue weighted by molar-refractivity contribution is -0.389. The molecule has 1 N–H and O–H groups in total. The molecule has 108 valence electrons. The summed E-state index contributed by atoms with van der Waals surface area (Å²) in [6.45, 7) is 1.85. The van der Waals surface area contributed by atoms with Crippen molar-refractivity contribution >= 4 is 11.7 Å². The number of nitro groups is 1. The smallest absolute Gasteiger partial charge is 0.358 e. The molecule has 2 saturated heterocycles. The van der Waals surface area contributed by atoms with Crippen molar-refractivity contribution in [3.63, 3.8) is 0 Å². The number of nitrogens with zero attached hydrogens (tertiary/aromatic N) is 4. The third-order valence-corrected chi connectivity index (χ3v) is 4.05. The van der Waals surface area contributed by atoms with Gasteiger partial charge in [0, 0.05) is 18.6 Å². The van der Waals surface area contributed by atoms with Crippen molar-refractivity contribution < 1.29 is 9.72 Å². The lowest BCUT2D eigenvalue weighted by Gasteiger charge is -2.27. The Bertz CT molecular complexity index is 515. The van der Waals surface area contributed by atoms with Crippen molar-refractivity contribution in [3.8, 4) is 0 Å². The molecule has 2 fully saturated rings. The van der Waals surface area contributed by atoms with Gasteiger partial charge in [0.2, 0.25) is 5.91 Å². The van der Waals surface area contributed by atoms with Crippen LogP contribution in [0.3, 0.4) is 0 Å². The SMILES string of the molecule is O=C(Cn1ccc([N+](=O)[O-])n1)N1C2CCNCC1CC2. The van der Waals surface area contributed by atoms with Crippen molar-refractivity contribution in [1.82, 2.24) is 20.0 Å². The number of fused-ring (bicyclic) bond motifs is 2. The fourth-order valence-electron chi connectivity index (χ4n) is 3.15. The number of rotatable bonds is 3. The summed E-state index contributed by atoms with van der Waals surface area (Å²) in [4.78, 5) is 24.4. The Morgan fingerprint density at radius 2 is 2.25 bits per heavy atom. The molecule has 0 saturated carbocycles. The molecule has 8 heteroatoms. The van der Waals surface area contributed by atoms with E-state index in [1.165, 1.54) is 16.9 Å². The maximum atomic E-state index is 12.4. The number of carbonyl (C=O) groups is 1. The van der Waals surface area contributed by atoms with E-state index < -0.39 is 4.92 Å². The highest BCUT2D eigenvalue weighted by Gasteiger charge is 2.38. The van der Waals surface area contributed by atoms with Crippen LogP contribution in [-0.2, 0) is 11.3 Å². The second-order valence-corrected chi connectivity index (χ2v) is 5.31. The Morgan fingerprint density at radius 1 is 1.45 bits per heavy atom. The summed E-state index contributed by atoms with van der Waals surface area (Å²) in [7, 11) is 0. The van der Waals surface area contributed by atoms with Gasteiger partial charge < -0.3 is 20.3 Å². The Hall–Kier alpha value is -1.96. The van der Waals surface area contributed by atoms with Gasteiger partial charge in [0.05, 0.1) is 17.4 Å². The van der Waals surface area contributed by atoms with Crippen LogP contribution in [0.4, 0.5) is 5.82 Å². The minimum Gasteiger partial charge on any atom is -0.358 e. The minimum absolute atomic E-state index is 0.000743. The number of hydrogen-bond acceptors (Lipinski definition) is 5. The summed E-state index contributed by atoms with van der Waals surface area (Å²) in [6, 6.07) is 1.86. The van der Waals surface area contributed by atoms with Crippen LogP contribution in [0, 0.1) is 10.1 Å². The van der Waals surface area contributed by atoms with Crippen LogP contribution in [0.15, 0.2) is 12.3 Å². The molecule has 2 aliphatic heterocycles. The van der Waals surface area contributed by atoms with E-state index in [1.807, 2.05) is 4.90 Å². The largest absolute Gasteiger partial charge is 0.389 e. The zero-order valence-electron chi connectivity index (χ0n) is 11.1. The summed E-state index contributed by atoms with van der Waals surface area (Å²) in [5.41, 5.74) is 0. The highest BCUT2D eigenvalue weighted by molar-refractivity contribution is 5.77. The van der Waals surface area contributed by atoms with E-state index in [2.05, 4.69) is 10.4 Å². The zero-order chi connectivity index (χ0) is 14.1. The predicted molar refractivity (Wildman–Crippen MR) is 70.0 cm³/mol. The van der Waals surface area contributed by atoms with Gasteiger partial charge in [-0.1, -0.05) is 0 Å². The fraction of sp³-hybridized carbons (Fsp3) is 0.667. The van der Waals surface area contributed by atoms with Crippen LogP contribution in [-0.4, -0.2) is 50.7 Å². The maximum absolute atomic E-state index is 12.4. The second kappa shape index (κ2) is 5.20. The monoisotopic (exact) mass is 279 g/mol. The first-order chi connectivity index (χ1) is 9.65. The molecule has 1 aromatic rings. The van der Waals surface area contributed by atoms with E-state index in [0.717, 1.165) is 32.4 Å². The Labute approximate surface area is 115 Å². The van der Waals surface area contributed by atoms with Crippen molar-refractivity contribution in [2.45, 2.75) is 37.9 Å². The summed E-state index contributed by atoms with van der Waals surface area (Å²) >= 11 is 0. The standard InChI is InChI=1S/C12H17N5O3/c18-12(8-15-6-4-11(14-15)17(19)20)16-9-1-2-10(16)7-13-5-3-9/h4,6,9-10,13H,1-3,5,7-8H2. The van der Waals surface area contributed by atoms with Crippen molar-refractivity contribution in [2.75, 3.05) is 13.1 Å². The second-order valence-electron chi connectivity index (χ2n) is 5.31. The van der Waals surface area contributed by atoms with E-state index in [0.29, 0.717) is 6.04 Å². The van der Waals surface area contributed by atoms with Crippen molar-refractivity contribution in [3.05, 3.63) is 22.4 Å². The first-order valence-corrected chi connectivity index (χ1v) is 6.85. The van der Waals surface area contributed by atoms with Gasteiger partial charge in [-0.2, -0.15) is 4.68 Å². The van der Waals surface area contributed by atoms with Crippen LogP contribution < -0.4 is 5.32 Å². The lowest BCUT2D eigenvalue weighted by Crippen LogP contribution is -2.44. The zero-order valence-corrected chi connectivity index (χ0v) is 11.1. The molecule has 2 aliphatic rings. The number of aromatic nitrogens is 2. The first kappa shape index (κ1) is 13.0. The van der Waals surface area contributed by atoms with Crippen LogP contribution in [0.5, 0.6) is 0 Å². The molecule has 3 heterocycles. The van der Waals surface area contributed by atoms with Gasteiger partial charge in [0.15, 0.2) is 0 Å². The fourth-order valence-corrected chi connectivity index (χ4v) is 3.15. The highest BCUT2D eigenvalue weighted by Crippen LogP contribution is 2.28. The summed E-state index contributed by atoms with van der Waals surface area (Å²) in [6.07, 6.45) is 4.54. The molecule has 2 unspecified atom stereocenters. The molecule has 1 aromatic heterocycles. The van der Waals surface area contributed by atoms with E-state index in [-0.39, 0.29) is 24.3 Å². The number of carbonyl (C=O) groups excluding carboxylic acids is 1. The molecule has 3 rings (SSSR count). The van der Waals surface area contributed by atoms with Crippen molar-refractivity contribution in [1.29, 1.82) is 0 Å². The van der Waals surface area contributed by atoms with Gasteiger partial charge in [-0.3, -0.25) is 4.79 Å². The van der Waals surface area contributed by atoms with E-state index in [4.69, 9.17) is 0 Å². The number of nitrogens with one attached hydrogen (secondary N) is 1. The van der Waals surface area contributed by atoms with E-state index >= 15 is 0 Å². The van der Waals surface area contributed by atoms with Crippen molar-refractivity contribution in [2.24, 2.45) is 0 Å². The Kier molecular flexibility index (Phi) is 3.39. The highest BCUT2D eigenvalue weighted by atomic mass is 16.6. The summed E-state index contributed by atoms with van der Waals surface area (Å²) in [5.74, 6) is -0.225. The van der Waals surface area contributed by atoms with Crippen LogP contribution >= 0.6 is 0 Å². The normalized spacial score (nSPS) is 25.5. The topological polar surface area (TPSA) is 93.3 Å². The van der Waals surface area contributed by atoms with Crippen LogP contribution in [0.25, 0.3) is 0 Å². The molecule has 8 nitrogen and oxygen atoms in total. The van der Waals surface area contributed by atoms with Gasteiger partial charge in [-0.25, -0.2) is 0 Å². The van der Waals surface area contributed by atoms with E-state index in [1.54, 1.807) is 0 Å². The quantitative estimate of drug-likeness (QED) is 0.627. The first-order valence-electron chi connectivity index (χ1n) is 6.85. The van der Waals surface area contributed by atoms with Gasteiger partial charge in [-0.05, 0) is 30.7 Å². The lowest BCUT2D eigenvalue weighted by atomic mass is 10.1. The molecule has 2 bridgehead atoms. The Morgan fingerprint density at radius 3 is 3.00 bits per heavy atom. The van der Waals surface area contributed by atoms with Gasteiger partial charge in [0.1, 0.15) is 6.54 Å². The third kappa shape index (κ3) is 2.38. The molecule has 0 aliphatic carbocycles. The average Bonchev–Trinajstić information content (AvgIpc) is 2.93. The molecule has 20 heavy (non-hydrogen) atoms. The summed E-state index contributed by atoms with van der Waals surface area (Å²) in [5, 5.41) is 17.7. The number of amides is 1. The maximum Gasteiger partial charge on any atom is 0.389 e. The molecule has 0 radical (unpaired) electrons. The summed E-state index contributed by atoms with van der Waals surface area (Å²) < 4.78 is 1.35. The van der Waals surface area contributed by atoms with Gasteiger partial charge >= 0.3 is 5.82 Å². The Balaban J connectivity index is 1.70. The predicted octanol–water partition coefficient (Wildman–Crippen LogP) is 0.144. The minimum atomic E-state index is -0.555. The molecular weight excluding hydrogens is 262 g/mol.